The van der Waals surface area contributed by atoms with Crippen LogP contribution in [0, 0.1) is 5.92 Å². The van der Waals surface area contributed by atoms with Crippen LogP contribution in [0.2, 0.25) is 0 Å². The molecule has 0 nitrogen and oxygen atoms in total. The summed E-state index contributed by atoms with van der Waals surface area (Å²) < 4.78 is 0. The number of hydrogen-bond donors (Lipinski definition) is 0. The Morgan fingerprint density at radius 3 is 2.64 bits per heavy atom. The lowest BCUT2D eigenvalue weighted by atomic mass is 9.96. The van der Waals surface area contributed by atoms with Crippen LogP contribution in [-0.4, -0.2) is 0 Å². The first-order valence-electron chi connectivity index (χ1n) is 4.46. The zero-order valence-corrected chi connectivity index (χ0v) is 8.06. The van der Waals surface area contributed by atoms with Crippen LogP contribution >= 0.6 is 0 Å². The molecule has 0 aromatic heterocycles. The molecule has 0 aliphatic rings. The fraction of sp³-hybridized carbons (Fsp3) is 0.636. The van der Waals surface area contributed by atoms with Crippen molar-refractivity contribution in [1.82, 2.24) is 0 Å². The topological polar surface area (TPSA) is 0 Å². The molecule has 0 saturated heterocycles. The second-order valence-electron chi connectivity index (χ2n) is 3.15. The van der Waals surface area contributed by atoms with Gasteiger partial charge in [0.25, 0.3) is 0 Å². The Kier molecular flexibility index (Phi) is 5.91. The van der Waals surface area contributed by atoms with Gasteiger partial charge in [0, 0.05) is 0 Å². The molecule has 1 unspecified atom stereocenters. The smallest absolute Gasteiger partial charge is 0.0234 e. The van der Waals surface area contributed by atoms with Gasteiger partial charge in [-0.25, -0.2) is 0 Å². The molecule has 1 atom stereocenters. The quantitative estimate of drug-likeness (QED) is 0.413. The predicted octanol–water partition coefficient (Wildman–Crippen LogP) is 3.95. The van der Waals surface area contributed by atoms with E-state index < -0.39 is 0 Å². The molecule has 0 aromatic carbocycles. The van der Waals surface area contributed by atoms with Crippen molar-refractivity contribution in [3.63, 3.8) is 0 Å². The van der Waals surface area contributed by atoms with Crippen molar-refractivity contribution in [3.8, 4) is 0 Å². The molecule has 11 heavy (non-hydrogen) atoms. The van der Waals surface area contributed by atoms with Crippen LogP contribution in [0.3, 0.4) is 0 Å². The minimum atomic E-state index is 0.750. The van der Waals surface area contributed by atoms with Crippen LogP contribution in [0.1, 0.15) is 40.0 Å². The van der Waals surface area contributed by atoms with Crippen LogP contribution in [-0.2, 0) is 0 Å². The maximum atomic E-state index is 3.71. The molecule has 0 radical (unpaired) electrons. The van der Waals surface area contributed by atoms with Crippen molar-refractivity contribution >= 4 is 0 Å². The van der Waals surface area contributed by atoms with Gasteiger partial charge in [-0.2, -0.15) is 0 Å². The van der Waals surface area contributed by atoms with Gasteiger partial charge in [0.05, 0.1) is 0 Å². The second-order valence-corrected chi connectivity index (χ2v) is 3.15. The van der Waals surface area contributed by atoms with Crippen LogP contribution in [0.4, 0.5) is 0 Å². The summed E-state index contributed by atoms with van der Waals surface area (Å²) in [4.78, 5) is 0. The lowest BCUT2D eigenvalue weighted by Crippen LogP contribution is -1.95. The molecule has 0 rings (SSSR count). The van der Waals surface area contributed by atoms with E-state index in [2.05, 4.69) is 33.4 Å². The molecule has 0 heterocycles. The van der Waals surface area contributed by atoms with Crippen molar-refractivity contribution in [2.24, 2.45) is 5.92 Å². The van der Waals surface area contributed by atoms with E-state index in [1.807, 2.05) is 6.08 Å². The van der Waals surface area contributed by atoms with E-state index >= 15 is 0 Å². The molecular weight excluding hydrogens is 132 g/mol. The third kappa shape index (κ3) is 4.83. The number of unbranched alkanes of at least 4 members (excludes halogenated alkanes) is 1. The highest BCUT2D eigenvalue weighted by Gasteiger charge is 2.01. The molecular formula is C11H20. The van der Waals surface area contributed by atoms with Gasteiger partial charge in [0.2, 0.25) is 0 Å². The Balaban J connectivity index is 3.51. The molecule has 64 valence electrons. The third-order valence-corrected chi connectivity index (χ3v) is 2.28. The maximum absolute atomic E-state index is 3.71. The standard InChI is InChI=1S/C11H20/c1-5-7-8-9-11(4)10(3)6-2/h5-6,11H,1,7-9H2,2-4H3. The fourth-order valence-electron chi connectivity index (χ4n) is 1.08. The molecule has 0 saturated carbocycles. The Hall–Kier alpha value is -0.520. The highest BCUT2D eigenvalue weighted by atomic mass is 14.1. The summed E-state index contributed by atoms with van der Waals surface area (Å²) in [5.41, 5.74) is 1.51. The van der Waals surface area contributed by atoms with E-state index in [0.717, 1.165) is 12.3 Å². The first-order chi connectivity index (χ1) is 5.22. The van der Waals surface area contributed by atoms with Crippen molar-refractivity contribution in [2.75, 3.05) is 0 Å². The fourth-order valence-corrected chi connectivity index (χ4v) is 1.08. The number of allylic oxidation sites excluding steroid dienone is 3. The lowest BCUT2D eigenvalue weighted by Gasteiger charge is -2.10. The van der Waals surface area contributed by atoms with Crippen molar-refractivity contribution in [1.29, 1.82) is 0 Å². The van der Waals surface area contributed by atoms with Crippen LogP contribution in [0.5, 0.6) is 0 Å². The monoisotopic (exact) mass is 152 g/mol. The predicted molar refractivity (Wildman–Crippen MR) is 52.6 cm³/mol. The Morgan fingerprint density at radius 1 is 1.55 bits per heavy atom. The molecule has 0 spiro atoms. The van der Waals surface area contributed by atoms with Gasteiger partial charge in [-0.15, -0.1) is 6.58 Å². The minimum Gasteiger partial charge on any atom is -0.103 e. The number of rotatable bonds is 5. The van der Waals surface area contributed by atoms with Crippen LogP contribution < -0.4 is 0 Å². The van der Waals surface area contributed by atoms with Gasteiger partial charge in [-0.1, -0.05) is 24.6 Å². The molecule has 0 fully saturated rings. The molecule has 0 N–H and O–H groups in total. The van der Waals surface area contributed by atoms with E-state index in [1.54, 1.807) is 0 Å². The summed E-state index contributed by atoms with van der Waals surface area (Å²) in [5, 5.41) is 0. The molecule has 0 heteroatoms. The van der Waals surface area contributed by atoms with Crippen LogP contribution in [0.15, 0.2) is 24.3 Å². The average Bonchev–Trinajstić information content (AvgIpc) is 2.03. The summed E-state index contributed by atoms with van der Waals surface area (Å²) in [6, 6.07) is 0. The Labute approximate surface area is 71.0 Å². The summed E-state index contributed by atoms with van der Waals surface area (Å²) in [5.74, 6) is 0.750. The zero-order valence-electron chi connectivity index (χ0n) is 8.06. The van der Waals surface area contributed by atoms with E-state index in [0.29, 0.717) is 0 Å². The van der Waals surface area contributed by atoms with E-state index in [-0.39, 0.29) is 0 Å². The summed E-state index contributed by atoms with van der Waals surface area (Å²) >= 11 is 0. The largest absolute Gasteiger partial charge is 0.103 e. The summed E-state index contributed by atoms with van der Waals surface area (Å²) in [6.45, 7) is 10.3. The van der Waals surface area contributed by atoms with Crippen molar-refractivity contribution < 1.29 is 0 Å². The molecule has 0 aromatic rings. The first-order valence-corrected chi connectivity index (χ1v) is 4.46. The van der Waals surface area contributed by atoms with Gasteiger partial charge in [-0.05, 0) is 39.0 Å². The second kappa shape index (κ2) is 6.21. The minimum absolute atomic E-state index is 0.750. The molecule has 0 aliphatic carbocycles. The van der Waals surface area contributed by atoms with Crippen LogP contribution in [0.25, 0.3) is 0 Å². The van der Waals surface area contributed by atoms with Crippen molar-refractivity contribution in [3.05, 3.63) is 24.3 Å². The Bertz CT molecular complexity index is 131. The summed E-state index contributed by atoms with van der Waals surface area (Å²) in [7, 11) is 0. The maximum Gasteiger partial charge on any atom is -0.0234 e. The molecule has 0 amide bonds. The highest BCUT2D eigenvalue weighted by Crippen LogP contribution is 2.16. The Morgan fingerprint density at radius 2 is 2.18 bits per heavy atom. The van der Waals surface area contributed by atoms with Gasteiger partial charge in [0.15, 0.2) is 0 Å². The average molecular weight is 152 g/mol. The zero-order chi connectivity index (χ0) is 8.69. The van der Waals surface area contributed by atoms with Gasteiger partial charge >= 0.3 is 0 Å². The molecule has 0 bridgehead atoms. The lowest BCUT2D eigenvalue weighted by molar-refractivity contribution is 0.583. The highest BCUT2D eigenvalue weighted by molar-refractivity contribution is 4.99. The SMILES string of the molecule is C=CCCCC(C)C(C)=CC. The third-order valence-electron chi connectivity index (χ3n) is 2.28. The van der Waals surface area contributed by atoms with E-state index in [1.165, 1.54) is 18.4 Å². The van der Waals surface area contributed by atoms with Gasteiger partial charge in [0.1, 0.15) is 0 Å². The summed E-state index contributed by atoms with van der Waals surface area (Å²) in [6.07, 6.45) is 7.93. The van der Waals surface area contributed by atoms with Gasteiger partial charge < -0.3 is 0 Å². The number of hydrogen-bond acceptors (Lipinski definition) is 0. The van der Waals surface area contributed by atoms with Crippen molar-refractivity contribution in [2.45, 2.75) is 40.0 Å². The van der Waals surface area contributed by atoms with E-state index in [9.17, 15) is 0 Å². The van der Waals surface area contributed by atoms with E-state index in [4.69, 9.17) is 0 Å². The normalized spacial score (nSPS) is 14.6. The first kappa shape index (κ1) is 10.5. The van der Waals surface area contributed by atoms with Gasteiger partial charge in [-0.3, -0.25) is 0 Å². The molecule has 0 aliphatic heterocycles.